The zero-order valence-electron chi connectivity index (χ0n) is 18.3. The second-order valence-corrected chi connectivity index (χ2v) is 7.39. The van der Waals surface area contributed by atoms with Gasteiger partial charge < -0.3 is 24.4 Å². The second-order valence-electron chi connectivity index (χ2n) is 7.39. The Kier molecular flexibility index (Phi) is 6.48. The Morgan fingerprint density at radius 3 is 2.39 bits per heavy atom. The maximum atomic E-state index is 12.9. The summed E-state index contributed by atoms with van der Waals surface area (Å²) in [4.78, 5) is 39.0. The molecule has 0 bridgehead atoms. The van der Waals surface area contributed by atoms with E-state index in [4.69, 9.17) is 14.2 Å². The second kappa shape index (κ2) is 9.07. The zero-order chi connectivity index (χ0) is 22.7. The summed E-state index contributed by atoms with van der Waals surface area (Å²) in [5.74, 6) is -0.358. The molecule has 0 aliphatic carbocycles. The molecular weight excluding hydrogens is 400 g/mol. The number of esters is 1. The van der Waals surface area contributed by atoms with Gasteiger partial charge in [-0.3, -0.25) is 9.59 Å². The molecule has 8 nitrogen and oxygen atoms in total. The first-order valence-electron chi connectivity index (χ1n) is 9.81. The molecule has 31 heavy (non-hydrogen) atoms. The predicted octanol–water partition coefficient (Wildman–Crippen LogP) is 3.10. The van der Waals surface area contributed by atoms with Crippen LogP contribution in [0.15, 0.2) is 30.3 Å². The summed E-state index contributed by atoms with van der Waals surface area (Å²) in [5, 5.41) is 2.83. The van der Waals surface area contributed by atoms with E-state index in [1.54, 1.807) is 35.2 Å². The summed E-state index contributed by atoms with van der Waals surface area (Å²) in [7, 11) is 4.38. The molecule has 1 saturated heterocycles. The van der Waals surface area contributed by atoms with E-state index in [1.807, 2.05) is 13.8 Å². The Balaban J connectivity index is 1.77. The predicted molar refractivity (Wildman–Crippen MR) is 116 cm³/mol. The van der Waals surface area contributed by atoms with Crippen molar-refractivity contribution in [3.8, 4) is 11.5 Å². The quantitative estimate of drug-likeness (QED) is 0.714. The Morgan fingerprint density at radius 1 is 1.03 bits per heavy atom. The van der Waals surface area contributed by atoms with Gasteiger partial charge in [0.1, 0.15) is 0 Å². The van der Waals surface area contributed by atoms with Gasteiger partial charge in [-0.05, 0) is 49.2 Å². The van der Waals surface area contributed by atoms with E-state index in [-0.39, 0.29) is 24.8 Å². The van der Waals surface area contributed by atoms with Gasteiger partial charge in [-0.15, -0.1) is 0 Å². The highest BCUT2D eigenvalue weighted by atomic mass is 16.5. The summed E-state index contributed by atoms with van der Waals surface area (Å²) in [5.41, 5.74) is 3.17. The summed E-state index contributed by atoms with van der Waals surface area (Å²) < 4.78 is 15.4. The van der Waals surface area contributed by atoms with Crippen molar-refractivity contribution in [3.05, 3.63) is 47.0 Å². The highest BCUT2D eigenvalue weighted by molar-refractivity contribution is 6.04. The molecule has 8 heteroatoms. The molecule has 2 amide bonds. The molecule has 1 atom stereocenters. The fourth-order valence-corrected chi connectivity index (χ4v) is 3.62. The molecule has 1 heterocycles. The van der Waals surface area contributed by atoms with E-state index in [2.05, 4.69) is 5.32 Å². The number of carbonyl (C=O) groups excluding carboxylic acids is 3. The van der Waals surface area contributed by atoms with Gasteiger partial charge in [-0.1, -0.05) is 0 Å². The van der Waals surface area contributed by atoms with Crippen LogP contribution in [-0.4, -0.2) is 45.7 Å². The third kappa shape index (κ3) is 4.47. The zero-order valence-corrected chi connectivity index (χ0v) is 18.3. The number of ether oxygens (including phenoxy) is 3. The average molecular weight is 426 g/mol. The molecule has 0 spiro atoms. The van der Waals surface area contributed by atoms with Crippen molar-refractivity contribution >= 4 is 29.2 Å². The van der Waals surface area contributed by atoms with Crippen LogP contribution >= 0.6 is 0 Å². The van der Waals surface area contributed by atoms with Crippen LogP contribution in [0.2, 0.25) is 0 Å². The van der Waals surface area contributed by atoms with Gasteiger partial charge in [-0.2, -0.15) is 0 Å². The number of amides is 2. The van der Waals surface area contributed by atoms with Crippen molar-refractivity contribution in [2.24, 2.45) is 5.92 Å². The molecule has 0 radical (unpaired) electrons. The van der Waals surface area contributed by atoms with Gasteiger partial charge in [-0.25, -0.2) is 4.79 Å². The highest BCUT2D eigenvalue weighted by Gasteiger charge is 2.35. The Hall–Kier alpha value is -3.55. The van der Waals surface area contributed by atoms with Crippen molar-refractivity contribution in [3.63, 3.8) is 0 Å². The van der Waals surface area contributed by atoms with Gasteiger partial charge in [0.05, 0.1) is 32.8 Å². The van der Waals surface area contributed by atoms with Gasteiger partial charge in [0.2, 0.25) is 11.8 Å². The SMILES string of the molecule is COC(=O)c1cc(NC(=O)C2CC(=O)N(c3ccc(OC)c(OC)c3)C2)cc(C)c1C. The monoisotopic (exact) mass is 426 g/mol. The lowest BCUT2D eigenvalue weighted by atomic mass is 10.0. The van der Waals surface area contributed by atoms with Crippen molar-refractivity contribution in [2.45, 2.75) is 20.3 Å². The van der Waals surface area contributed by atoms with Crippen LogP contribution < -0.4 is 19.7 Å². The number of anilines is 2. The van der Waals surface area contributed by atoms with Crippen LogP contribution in [0.4, 0.5) is 11.4 Å². The van der Waals surface area contributed by atoms with Crippen LogP contribution in [0, 0.1) is 19.8 Å². The molecule has 2 aromatic rings. The summed E-state index contributed by atoms with van der Waals surface area (Å²) in [6.07, 6.45) is 0.0921. The lowest BCUT2D eigenvalue weighted by Gasteiger charge is -2.19. The van der Waals surface area contributed by atoms with Crippen LogP contribution in [0.5, 0.6) is 11.5 Å². The minimum Gasteiger partial charge on any atom is -0.493 e. The molecule has 3 rings (SSSR count). The first-order chi connectivity index (χ1) is 14.8. The van der Waals surface area contributed by atoms with E-state index in [1.165, 1.54) is 21.3 Å². The third-order valence-electron chi connectivity index (χ3n) is 5.51. The average Bonchev–Trinajstić information content (AvgIpc) is 3.16. The largest absolute Gasteiger partial charge is 0.493 e. The minimum absolute atomic E-state index is 0.0921. The molecule has 0 saturated carbocycles. The first kappa shape index (κ1) is 22.1. The van der Waals surface area contributed by atoms with Crippen LogP contribution in [0.25, 0.3) is 0 Å². The highest BCUT2D eigenvalue weighted by Crippen LogP contribution is 2.34. The third-order valence-corrected chi connectivity index (χ3v) is 5.51. The number of rotatable bonds is 6. The number of methoxy groups -OCH3 is 3. The Morgan fingerprint density at radius 2 is 1.74 bits per heavy atom. The van der Waals surface area contributed by atoms with E-state index in [9.17, 15) is 14.4 Å². The lowest BCUT2D eigenvalue weighted by Crippen LogP contribution is -2.28. The number of nitrogens with zero attached hydrogens (tertiary/aromatic N) is 1. The number of aryl methyl sites for hydroxylation is 1. The number of hydrogen-bond acceptors (Lipinski definition) is 6. The summed E-state index contributed by atoms with van der Waals surface area (Å²) in [6, 6.07) is 8.57. The minimum atomic E-state index is -0.524. The smallest absolute Gasteiger partial charge is 0.338 e. The van der Waals surface area contributed by atoms with Crippen LogP contribution in [-0.2, 0) is 14.3 Å². The van der Waals surface area contributed by atoms with Gasteiger partial charge in [0.15, 0.2) is 11.5 Å². The molecule has 1 unspecified atom stereocenters. The maximum Gasteiger partial charge on any atom is 0.338 e. The standard InChI is InChI=1S/C23H26N2O6/c1-13-8-16(10-18(14(13)2)23(28)31-5)24-22(27)15-9-21(26)25(12-15)17-6-7-19(29-3)20(11-17)30-4/h6-8,10-11,15H,9,12H2,1-5H3,(H,24,27). The Bertz CT molecular complexity index is 1030. The normalized spacial score (nSPS) is 15.6. The fourth-order valence-electron chi connectivity index (χ4n) is 3.62. The van der Waals surface area contributed by atoms with Crippen molar-refractivity contribution < 1.29 is 28.6 Å². The van der Waals surface area contributed by atoms with E-state index < -0.39 is 11.9 Å². The number of hydrogen-bond donors (Lipinski definition) is 1. The first-order valence-corrected chi connectivity index (χ1v) is 9.81. The fraction of sp³-hybridized carbons (Fsp3) is 0.348. The van der Waals surface area contributed by atoms with Crippen LogP contribution in [0.1, 0.15) is 27.9 Å². The van der Waals surface area contributed by atoms with Crippen molar-refractivity contribution in [1.29, 1.82) is 0 Å². The van der Waals surface area contributed by atoms with E-state index in [0.717, 1.165) is 11.1 Å². The van der Waals surface area contributed by atoms with Crippen LogP contribution in [0.3, 0.4) is 0 Å². The van der Waals surface area contributed by atoms with Crippen molar-refractivity contribution in [2.75, 3.05) is 38.1 Å². The van der Waals surface area contributed by atoms with Gasteiger partial charge in [0, 0.05) is 30.4 Å². The number of nitrogens with one attached hydrogen (secondary N) is 1. The van der Waals surface area contributed by atoms with Gasteiger partial charge in [0.25, 0.3) is 0 Å². The van der Waals surface area contributed by atoms with Gasteiger partial charge >= 0.3 is 5.97 Å². The Labute approximate surface area is 181 Å². The van der Waals surface area contributed by atoms with E-state index in [0.29, 0.717) is 28.4 Å². The number of carbonyl (C=O) groups is 3. The molecular formula is C23H26N2O6. The topological polar surface area (TPSA) is 94.2 Å². The lowest BCUT2D eigenvalue weighted by molar-refractivity contribution is -0.122. The molecule has 1 aliphatic heterocycles. The molecule has 1 aliphatic rings. The summed E-state index contributed by atoms with van der Waals surface area (Å²) >= 11 is 0. The van der Waals surface area contributed by atoms with E-state index >= 15 is 0 Å². The summed E-state index contributed by atoms with van der Waals surface area (Å²) in [6.45, 7) is 3.92. The maximum absolute atomic E-state index is 12.9. The molecule has 1 fully saturated rings. The molecule has 2 aromatic carbocycles. The molecule has 164 valence electrons. The molecule has 0 aromatic heterocycles. The number of benzene rings is 2. The van der Waals surface area contributed by atoms with Crippen molar-refractivity contribution in [1.82, 2.24) is 0 Å². The molecule has 1 N–H and O–H groups in total.